The largest absolute Gasteiger partial charge is 0.507 e. The molecule has 0 spiro atoms. The van der Waals surface area contributed by atoms with E-state index in [9.17, 15) is 15.3 Å². The molecule has 0 aliphatic heterocycles. The number of aliphatic hydroxyl groups excluding tert-OH is 1. The molecular formula is C34H55NO4. The van der Waals surface area contributed by atoms with Gasteiger partial charge in [-0.2, -0.15) is 0 Å². The molecule has 0 aliphatic rings. The first-order valence-electron chi connectivity index (χ1n) is 14.3. The van der Waals surface area contributed by atoms with Crippen molar-refractivity contribution in [1.29, 1.82) is 0 Å². The summed E-state index contributed by atoms with van der Waals surface area (Å²) in [7, 11) is 0. The highest BCUT2D eigenvalue weighted by atomic mass is 16.5. The van der Waals surface area contributed by atoms with E-state index in [0.717, 1.165) is 22.3 Å². The summed E-state index contributed by atoms with van der Waals surface area (Å²) >= 11 is 0. The van der Waals surface area contributed by atoms with Gasteiger partial charge < -0.3 is 20.1 Å². The van der Waals surface area contributed by atoms with Gasteiger partial charge in [-0.25, -0.2) is 0 Å². The zero-order valence-corrected chi connectivity index (χ0v) is 26.7. The van der Waals surface area contributed by atoms with E-state index < -0.39 is 0 Å². The van der Waals surface area contributed by atoms with Gasteiger partial charge in [-0.05, 0) is 43.9 Å². The highest BCUT2D eigenvalue weighted by molar-refractivity contribution is 5.50. The molecule has 0 fully saturated rings. The molecule has 0 unspecified atom stereocenters. The van der Waals surface area contributed by atoms with E-state index in [1.165, 1.54) is 11.1 Å². The zero-order chi connectivity index (χ0) is 30.0. The Kier molecular flexibility index (Phi) is 10.4. The number of phenolic OH excluding ortho intramolecular Hbond substituents is 2. The van der Waals surface area contributed by atoms with Crippen molar-refractivity contribution in [2.24, 2.45) is 0 Å². The van der Waals surface area contributed by atoms with E-state index in [-0.39, 0.29) is 34.9 Å². The predicted octanol–water partition coefficient (Wildman–Crippen LogP) is 7.30. The third kappa shape index (κ3) is 8.96. The summed E-state index contributed by atoms with van der Waals surface area (Å²) in [6, 6.07) is 8.53. The molecule has 0 aromatic heterocycles. The minimum absolute atomic E-state index is 0.0211. The van der Waals surface area contributed by atoms with Gasteiger partial charge in [0.25, 0.3) is 0 Å². The first kappa shape index (κ1) is 33.1. The molecule has 0 saturated carbocycles. The van der Waals surface area contributed by atoms with Crippen molar-refractivity contribution in [1.82, 2.24) is 4.90 Å². The van der Waals surface area contributed by atoms with Crippen LogP contribution in [0, 0.1) is 0 Å². The molecule has 0 saturated heterocycles. The summed E-state index contributed by atoms with van der Waals surface area (Å²) in [5, 5.41) is 32.1. The predicted molar refractivity (Wildman–Crippen MR) is 163 cm³/mol. The van der Waals surface area contributed by atoms with Gasteiger partial charge in [-0.3, -0.25) is 4.90 Å². The molecule has 5 nitrogen and oxygen atoms in total. The minimum Gasteiger partial charge on any atom is -0.507 e. The zero-order valence-electron chi connectivity index (χ0n) is 26.7. The Bertz CT molecular complexity index is 1020. The van der Waals surface area contributed by atoms with Crippen LogP contribution in [-0.2, 0) is 39.5 Å². The molecule has 0 amide bonds. The molecule has 39 heavy (non-hydrogen) atoms. The highest BCUT2D eigenvalue weighted by Crippen LogP contribution is 2.40. The fraction of sp³-hybridized carbons (Fsp3) is 0.647. The van der Waals surface area contributed by atoms with Crippen LogP contribution >= 0.6 is 0 Å². The summed E-state index contributed by atoms with van der Waals surface area (Å²) in [4.78, 5) is 2.22. The van der Waals surface area contributed by atoms with E-state index in [1.54, 1.807) is 0 Å². The van der Waals surface area contributed by atoms with Gasteiger partial charge in [0.05, 0.1) is 19.8 Å². The van der Waals surface area contributed by atoms with E-state index >= 15 is 0 Å². The Morgan fingerprint density at radius 2 is 0.974 bits per heavy atom. The quantitative estimate of drug-likeness (QED) is 0.291. The second-order valence-electron chi connectivity index (χ2n) is 15.1. The molecule has 2 aromatic carbocycles. The van der Waals surface area contributed by atoms with Crippen molar-refractivity contribution in [3.63, 3.8) is 0 Å². The maximum atomic E-state index is 11.5. The van der Waals surface area contributed by atoms with E-state index in [4.69, 9.17) is 4.74 Å². The molecule has 0 bridgehead atoms. The van der Waals surface area contributed by atoms with Crippen LogP contribution in [0.25, 0.3) is 0 Å². The summed E-state index contributed by atoms with van der Waals surface area (Å²) in [6.45, 7) is 28.2. The van der Waals surface area contributed by atoms with Gasteiger partial charge in [0.15, 0.2) is 0 Å². The summed E-state index contributed by atoms with van der Waals surface area (Å²) in [6.07, 6.45) is 0. The van der Waals surface area contributed by atoms with Crippen molar-refractivity contribution >= 4 is 0 Å². The number of nitrogens with zero attached hydrogens (tertiary/aromatic N) is 1. The Labute approximate surface area is 238 Å². The van der Waals surface area contributed by atoms with E-state index in [1.807, 2.05) is 0 Å². The molecule has 220 valence electrons. The lowest BCUT2D eigenvalue weighted by molar-refractivity contribution is 0.0699. The van der Waals surface area contributed by atoms with Crippen LogP contribution in [0.1, 0.15) is 116 Å². The number of aliphatic hydroxyl groups is 1. The molecule has 2 aromatic rings. The van der Waals surface area contributed by atoms with Crippen molar-refractivity contribution in [3.05, 3.63) is 57.6 Å². The van der Waals surface area contributed by atoms with Crippen LogP contribution in [0.4, 0.5) is 0 Å². The summed E-state index contributed by atoms with van der Waals surface area (Å²) in [5.41, 5.74) is 5.42. The molecule has 0 heterocycles. The Balaban J connectivity index is 2.63. The van der Waals surface area contributed by atoms with Crippen LogP contribution in [-0.4, -0.2) is 46.6 Å². The SMILES string of the molecule is CC(C)(C)c1cc(CN(CCOCCO)Cc2cc(C(C)(C)C)cc(C(C)(C)C)c2O)c(O)c(C(C)(C)C)c1. The molecule has 0 aliphatic carbocycles. The van der Waals surface area contributed by atoms with Gasteiger partial charge in [0.2, 0.25) is 0 Å². The topological polar surface area (TPSA) is 73.2 Å². The first-order chi connectivity index (χ1) is 17.7. The second kappa shape index (κ2) is 12.2. The van der Waals surface area contributed by atoms with Crippen LogP contribution in [0.2, 0.25) is 0 Å². The third-order valence-corrected chi connectivity index (χ3v) is 7.30. The molecule has 5 heteroatoms. The van der Waals surface area contributed by atoms with Gasteiger partial charge in [-0.1, -0.05) is 107 Å². The standard InChI is InChI=1S/C34H55NO4/c1-31(2,3)25-17-23(29(37)27(19-25)33(7,8)9)21-35(13-15-39-16-14-36)22-24-18-26(32(4,5)6)20-28(30(24)38)34(10,11)12/h17-20,36-38H,13-16,21-22H2,1-12H3. The first-order valence-corrected chi connectivity index (χ1v) is 14.3. The number of hydrogen-bond acceptors (Lipinski definition) is 5. The molecular weight excluding hydrogens is 486 g/mol. The van der Waals surface area contributed by atoms with Gasteiger partial charge in [0.1, 0.15) is 11.5 Å². The normalized spacial score (nSPS) is 13.4. The maximum Gasteiger partial charge on any atom is 0.123 e. The lowest BCUT2D eigenvalue weighted by Gasteiger charge is -2.31. The van der Waals surface area contributed by atoms with Crippen molar-refractivity contribution in [3.8, 4) is 11.5 Å². The second-order valence-corrected chi connectivity index (χ2v) is 15.1. The van der Waals surface area contributed by atoms with Gasteiger partial charge in [-0.15, -0.1) is 0 Å². The lowest BCUT2D eigenvalue weighted by atomic mass is 9.78. The van der Waals surface area contributed by atoms with Crippen molar-refractivity contribution in [2.75, 3.05) is 26.4 Å². The van der Waals surface area contributed by atoms with Gasteiger partial charge in [0, 0.05) is 30.8 Å². The van der Waals surface area contributed by atoms with Crippen molar-refractivity contribution in [2.45, 2.75) is 118 Å². The number of rotatable bonds is 9. The average Bonchev–Trinajstić information content (AvgIpc) is 2.76. The lowest BCUT2D eigenvalue weighted by Crippen LogP contribution is -2.29. The highest BCUT2D eigenvalue weighted by Gasteiger charge is 2.28. The minimum atomic E-state index is -0.212. The van der Waals surface area contributed by atoms with Crippen LogP contribution in [0.3, 0.4) is 0 Å². The summed E-state index contributed by atoms with van der Waals surface area (Å²) < 4.78 is 5.64. The van der Waals surface area contributed by atoms with E-state index in [2.05, 4.69) is 112 Å². The Morgan fingerprint density at radius 3 is 1.28 bits per heavy atom. The maximum absolute atomic E-state index is 11.5. The van der Waals surface area contributed by atoms with Crippen LogP contribution in [0.5, 0.6) is 11.5 Å². The fourth-order valence-electron chi connectivity index (χ4n) is 4.70. The Hall–Kier alpha value is -2.08. The number of ether oxygens (including phenoxy) is 1. The average molecular weight is 542 g/mol. The van der Waals surface area contributed by atoms with E-state index in [0.29, 0.717) is 37.7 Å². The Morgan fingerprint density at radius 1 is 0.590 bits per heavy atom. The third-order valence-electron chi connectivity index (χ3n) is 7.30. The molecule has 3 N–H and O–H groups in total. The smallest absolute Gasteiger partial charge is 0.123 e. The molecule has 2 rings (SSSR count). The fourth-order valence-corrected chi connectivity index (χ4v) is 4.70. The summed E-state index contributed by atoms with van der Waals surface area (Å²) in [5.74, 6) is 0.666. The van der Waals surface area contributed by atoms with Crippen LogP contribution < -0.4 is 0 Å². The molecule has 0 atom stereocenters. The van der Waals surface area contributed by atoms with Crippen molar-refractivity contribution < 1.29 is 20.1 Å². The monoisotopic (exact) mass is 541 g/mol. The molecule has 0 radical (unpaired) electrons. The number of phenols is 2. The number of benzene rings is 2. The van der Waals surface area contributed by atoms with Crippen LogP contribution in [0.15, 0.2) is 24.3 Å². The van der Waals surface area contributed by atoms with Gasteiger partial charge >= 0.3 is 0 Å². The number of aromatic hydroxyl groups is 2. The number of hydrogen-bond donors (Lipinski definition) is 3.